The third-order valence-corrected chi connectivity index (χ3v) is 7.04. The Morgan fingerprint density at radius 2 is 1.92 bits per heavy atom. The van der Waals surface area contributed by atoms with E-state index in [4.69, 9.17) is 10.4 Å². The predicted octanol–water partition coefficient (Wildman–Crippen LogP) is 4.68. The van der Waals surface area contributed by atoms with Crippen LogP contribution in [0.25, 0.3) is 28.7 Å². The number of likely N-dealkylation sites (tertiary alicyclic amines) is 1. The molecule has 2 fully saturated rings. The first kappa shape index (κ1) is 24.0. The second kappa shape index (κ2) is 10.2. The number of β-amino-alcohol motifs (C(OH)–C–C–N with tert-alkyl or cyclic N) is 1. The Morgan fingerprint density at radius 1 is 1.08 bits per heavy atom. The number of hydrogen-bond donors (Lipinski definition) is 3. The van der Waals surface area contributed by atoms with Crippen molar-refractivity contribution in [2.45, 2.75) is 25.0 Å². The molecular formula is C29H28FN7O. The number of hydrogen-bond acceptors (Lipinski definition) is 6. The number of aromatic amines is 1. The maximum atomic E-state index is 13.7. The van der Waals surface area contributed by atoms with Crippen LogP contribution in [-0.4, -0.2) is 61.5 Å². The van der Waals surface area contributed by atoms with Crippen LogP contribution in [0.4, 0.5) is 10.2 Å². The van der Waals surface area contributed by atoms with E-state index in [1.54, 1.807) is 36.7 Å². The number of benzene rings is 1. The van der Waals surface area contributed by atoms with Crippen LogP contribution in [0.3, 0.4) is 0 Å². The van der Waals surface area contributed by atoms with Crippen molar-refractivity contribution in [3.63, 3.8) is 0 Å². The topological polar surface area (TPSA) is 105 Å². The minimum Gasteiger partial charge on any atom is -0.389 e. The third kappa shape index (κ3) is 4.92. The van der Waals surface area contributed by atoms with Crippen molar-refractivity contribution in [3.8, 4) is 22.6 Å². The molecule has 2 aliphatic rings. The lowest BCUT2D eigenvalue weighted by Gasteiger charge is -2.36. The average Bonchev–Trinajstić information content (AvgIpc) is 3.61. The molecule has 0 spiro atoms. The van der Waals surface area contributed by atoms with Crippen LogP contribution < -0.4 is 4.90 Å². The van der Waals surface area contributed by atoms with Gasteiger partial charge in [0.2, 0.25) is 0 Å². The molecule has 2 saturated heterocycles. The van der Waals surface area contributed by atoms with Gasteiger partial charge in [-0.25, -0.2) is 19.3 Å². The van der Waals surface area contributed by atoms with Crippen molar-refractivity contribution in [2.24, 2.45) is 0 Å². The lowest BCUT2D eigenvalue weighted by Crippen LogP contribution is -2.51. The maximum Gasteiger partial charge on any atom is 0.130 e. The number of aromatic nitrogens is 4. The number of nitrogens with zero attached hydrogens (tertiary/aromatic N) is 5. The quantitative estimate of drug-likeness (QED) is 0.258. The molecule has 0 aliphatic carbocycles. The molecule has 0 bridgehead atoms. The zero-order valence-corrected chi connectivity index (χ0v) is 20.8. The highest BCUT2D eigenvalue weighted by Crippen LogP contribution is 2.32. The zero-order valence-electron chi connectivity index (χ0n) is 20.8. The fourth-order valence-corrected chi connectivity index (χ4v) is 5.06. The van der Waals surface area contributed by atoms with Gasteiger partial charge in [-0.3, -0.25) is 5.41 Å². The van der Waals surface area contributed by atoms with Gasteiger partial charge < -0.3 is 19.9 Å². The summed E-state index contributed by atoms with van der Waals surface area (Å²) in [5.41, 5.74) is 4.20. The number of imidazole rings is 1. The highest BCUT2D eigenvalue weighted by molar-refractivity contribution is 5.94. The Labute approximate surface area is 220 Å². The monoisotopic (exact) mass is 509 g/mol. The summed E-state index contributed by atoms with van der Waals surface area (Å²) in [4.78, 5) is 21.0. The van der Waals surface area contributed by atoms with E-state index in [1.807, 2.05) is 46.2 Å². The van der Waals surface area contributed by atoms with Crippen molar-refractivity contribution < 1.29 is 9.50 Å². The molecule has 0 saturated carbocycles. The molecule has 9 heteroatoms. The Kier molecular flexibility index (Phi) is 6.43. The summed E-state index contributed by atoms with van der Waals surface area (Å²) in [7, 11) is 0. The van der Waals surface area contributed by atoms with E-state index < -0.39 is 0 Å². The van der Waals surface area contributed by atoms with E-state index in [0.29, 0.717) is 24.7 Å². The summed E-state index contributed by atoms with van der Waals surface area (Å²) in [6, 6.07) is 16.4. The van der Waals surface area contributed by atoms with Gasteiger partial charge in [0, 0.05) is 31.4 Å². The molecule has 1 aromatic carbocycles. The molecule has 3 aromatic heterocycles. The summed E-state index contributed by atoms with van der Waals surface area (Å²) in [6.45, 7) is 1.95. The number of pyridine rings is 2. The molecule has 0 radical (unpaired) electrons. The van der Waals surface area contributed by atoms with Gasteiger partial charge in [0.05, 0.1) is 35.4 Å². The summed E-state index contributed by atoms with van der Waals surface area (Å²) in [5.74, 6) is 1.57. The van der Waals surface area contributed by atoms with Gasteiger partial charge in [-0.1, -0.05) is 18.2 Å². The SMILES string of the molecule is N=C(/C=C\c1ncc(-c2cccc(-c3ccnc(N4CC(O)C4)c3)n2)[nH]1)N1CCC[C@@H]1c1cccc(F)c1. The summed E-state index contributed by atoms with van der Waals surface area (Å²) < 4.78 is 13.7. The minimum absolute atomic E-state index is 0.00168. The van der Waals surface area contributed by atoms with Crippen molar-refractivity contribution in [1.82, 2.24) is 24.8 Å². The number of H-pyrrole nitrogens is 1. The zero-order chi connectivity index (χ0) is 26.1. The van der Waals surface area contributed by atoms with Gasteiger partial charge in [0.1, 0.15) is 23.3 Å². The maximum absolute atomic E-state index is 13.7. The molecular weight excluding hydrogens is 481 g/mol. The number of aliphatic hydroxyl groups is 1. The molecule has 5 heterocycles. The van der Waals surface area contributed by atoms with Gasteiger partial charge in [0.25, 0.3) is 0 Å². The molecule has 1 atom stereocenters. The summed E-state index contributed by atoms with van der Waals surface area (Å²) in [6.07, 6.45) is 8.58. The Balaban J connectivity index is 1.16. The van der Waals surface area contributed by atoms with Gasteiger partial charge in [-0.05, 0) is 67.0 Å². The molecule has 4 aromatic rings. The minimum atomic E-state index is -0.292. The molecule has 38 heavy (non-hydrogen) atoms. The van der Waals surface area contributed by atoms with E-state index in [1.165, 1.54) is 6.07 Å². The van der Waals surface area contributed by atoms with E-state index in [9.17, 15) is 9.50 Å². The number of anilines is 1. The second-order valence-corrected chi connectivity index (χ2v) is 9.68. The fraction of sp³-hybridized carbons (Fsp3) is 0.241. The molecule has 192 valence electrons. The molecule has 0 amide bonds. The van der Waals surface area contributed by atoms with Crippen LogP contribution >= 0.6 is 0 Å². The normalized spacial score (nSPS) is 17.8. The second-order valence-electron chi connectivity index (χ2n) is 9.68. The highest BCUT2D eigenvalue weighted by Gasteiger charge is 2.27. The van der Waals surface area contributed by atoms with Gasteiger partial charge in [-0.2, -0.15) is 0 Å². The molecule has 3 N–H and O–H groups in total. The number of rotatable bonds is 6. The largest absolute Gasteiger partial charge is 0.389 e. The van der Waals surface area contributed by atoms with E-state index in [-0.39, 0.29) is 18.0 Å². The summed E-state index contributed by atoms with van der Waals surface area (Å²) >= 11 is 0. The van der Waals surface area contributed by atoms with Crippen molar-refractivity contribution in [2.75, 3.05) is 24.5 Å². The molecule has 8 nitrogen and oxygen atoms in total. The highest BCUT2D eigenvalue weighted by atomic mass is 19.1. The number of aliphatic hydroxyl groups excluding tert-OH is 1. The van der Waals surface area contributed by atoms with Crippen LogP contribution in [-0.2, 0) is 0 Å². The standard InChI is InChI=1S/C29H28FN7O/c30-21-5-1-4-20(14-21)26-8-3-13-37(26)27(31)9-10-28-33-16-25(35-28)24-7-2-6-23(34-24)19-11-12-32-29(15-19)36-17-22(38)18-36/h1-2,4-7,9-12,14-16,22,26,31,38H,3,8,13,17-18H2,(H,33,35)/b10-9-,31-27?/t26-/m1/s1. The smallest absolute Gasteiger partial charge is 0.130 e. The van der Waals surface area contributed by atoms with E-state index in [0.717, 1.165) is 53.4 Å². The van der Waals surface area contributed by atoms with Gasteiger partial charge in [-0.15, -0.1) is 0 Å². The Bertz CT molecular complexity index is 1490. The van der Waals surface area contributed by atoms with Crippen LogP contribution in [0.5, 0.6) is 0 Å². The van der Waals surface area contributed by atoms with E-state index >= 15 is 0 Å². The van der Waals surface area contributed by atoms with Crippen LogP contribution in [0.2, 0.25) is 0 Å². The predicted molar refractivity (Wildman–Crippen MR) is 145 cm³/mol. The lowest BCUT2D eigenvalue weighted by molar-refractivity contribution is 0.141. The van der Waals surface area contributed by atoms with Crippen LogP contribution in [0.1, 0.15) is 30.3 Å². The third-order valence-electron chi connectivity index (χ3n) is 7.04. The number of nitrogens with one attached hydrogen (secondary N) is 2. The van der Waals surface area contributed by atoms with Crippen molar-refractivity contribution >= 4 is 17.7 Å². The number of halogens is 1. The van der Waals surface area contributed by atoms with Crippen LogP contribution in [0, 0.1) is 11.2 Å². The Morgan fingerprint density at radius 3 is 2.76 bits per heavy atom. The van der Waals surface area contributed by atoms with Crippen LogP contribution in [0.15, 0.2) is 73.1 Å². The molecule has 2 aliphatic heterocycles. The lowest BCUT2D eigenvalue weighted by atomic mass is 10.0. The first-order valence-corrected chi connectivity index (χ1v) is 12.7. The number of amidine groups is 1. The van der Waals surface area contributed by atoms with Gasteiger partial charge >= 0.3 is 0 Å². The fourth-order valence-electron chi connectivity index (χ4n) is 5.06. The first-order valence-electron chi connectivity index (χ1n) is 12.7. The first-order chi connectivity index (χ1) is 18.5. The summed E-state index contributed by atoms with van der Waals surface area (Å²) in [5, 5.41) is 18.2. The Hall–Kier alpha value is -4.37. The van der Waals surface area contributed by atoms with Crippen molar-refractivity contribution in [3.05, 3.63) is 90.3 Å². The average molecular weight is 510 g/mol. The molecule has 6 rings (SSSR count). The van der Waals surface area contributed by atoms with E-state index in [2.05, 4.69) is 15.0 Å². The van der Waals surface area contributed by atoms with Crippen molar-refractivity contribution in [1.29, 1.82) is 5.41 Å². The van der Waals surface area contributed by atoms with Gasteiger partial charge in [0.15, 0.2) is 0 Å². The molecule has 0 unspecified atom stereocenters.